The first-order valence-electron chi connectivity index (χ1n) is 9.78. The summed E-state index contributed by atoms with van der Waals surface area (Å²) >= 11 is 0. The van der Waals surface area contributed by atoms with E-state index in [-0.39, 0.29) is 23.1 Å². The molecule has 1 aliphatic rings. The molecule has 0 saturated carbocycles. The van der Waals surface area contributed by atoms with Crippen LogP contribution < -0.4 is 20.1 Å². The number of amidine groups is 1. The first-order valence-corrected chi connectivity index (χ1v) is 11.2. The Kier molecular flexibility index (Phi) is 6.94. The van der Waals surface area contributed by atoms with Gasteiger partial charge in [0.25, 0.3) is 10.0 Å². The summed E-state index contributed by atoms with van der Waals surface area (Å²) in [5.41, 5.74) is 1.42. The van der Waals surface area contributed by atoms with Gasteiger partial charge in [0, 0.05) is 6.54 Å². The third-order valence-corrected chi connectivity index (χ3v) is 5.72. The highest BCUT2D eigenvalue weighted by Crippen LogP contribution is 2.29. The van der Waals surface area contributed by atoms with Gasteiger partial charge >= 0.3 is 0 Å². The fourth-order valence-electron chi connectivity index (χ4n) is 3.06. The topological polar surface area (TPSA) is 106 Å². The van der Waals surface area contributed by atoms with Crippen LogP contribution in [0.15, 0.2) is 51.8 Å². The molecule has 2 N–H and O–H groups in total. The minimum absolute atomic E-state index is 0.103. The first kappa shape index (κ1) is 21.6. The maximum atomic E-state index is 12.3. The second-order valence-corrected chi connectivity index (χ2v) is 8.13. The molecule has 0 atom stereocenters. The Bertz CT molecular complexity index is 1050. The van der Waals surface area contributed by atoms with Gasteiger partial charge in [-0.2, -0.15) is 8.42 Å². The van der Waals surface area contributed by atoms with Gasteiger partial charge in [0.2, 0.25) is 5.91 Å². The molecule has 0 radical (unpaired) electrons. The number of carbonyl (C=O) groups is 1. The molecule has 0 fully saturated rings. The van der Waals surface area contributed by atoms with E-state index in [1.54, 1.807) is 18.2 Å². The molecule has 1 amide bonds. The predicted molar refractivity (Wildman–Crippen MR) is 115 cm³/mol. The molecule has 0 saturated heterocycles. The Morgan fingerprint density at radius 1 is 1.07 bits per heavy atom. The summed E-state index contributed by atoms with van der Waals surface area (Å²) in [4.78, 5) is 12.4. The molecule has 0 aliphatic carbocycles. The Morgan fingerprint density at radius 2 is 1.80 bits per heavy atom. The number of fused-ring (bicyclic) bond motifs is 1. The van der Waals surface area contributed by atoms with E-state index in [2.05, 4.69) is 15.0 Å². The first-order chi connectivity index (χ1) is 14.4. The SMILES string of the molecule is CCOc1ccc(CCNC(=O)CC2=NS(=O)(=O)c3ccccc3N2)cc1OCC. The third kappa shape index (κ3) is 5.29. The zero-order valence-electron chi connectivity index (χ0n) is 17.0. The normalized spacial score (nSPS) is 14.1. The molecule has 30 heavy (non-hydrogen) atoms. The van der Waals surface area contributed by atoms with E-state index in [9.17, 15) is 13.2 Å². The molecule has 0 spiro atoms. The quantitative estimate of drug-likeness (QED) is 0.632. The number of ether oxygens (including phenoxy) is 2. The van der Waals surface area contributed by atoms with Crippen LogP contribution in [0.3, 0.4) is 0 Å². The number of sulfonamides is 1. The average Bonchev–Trinajstić information content (AvgIpc) is 2.70. The number of amides is 1. The van der Waals surface area contributed by atoms with E-state index in [1.807, 2.05) is 32.0 Å². The summed E-state index contributed by atoms with van der Waals surface area (Å²) < 4.78 is 39.4. The van der Waals surface area contributed by atoms with Crippen LogP contribution >= 0.6 is 0 Å². The Balaban J connectivity index is 1.56. The lowest BCUT2D eigenvalue weighted by Crippen LogP contribution is -2.31. The molecule has 0 bridgehead atoms. The molecule has 0 unspecified atom stereocenters. The van der Waals surface area contributed by atoms with Gasteiger partial charge in [-0.3, -0.25) is 4.79 Å². The van der Waals surface area contributed by atoms with Crippen molar-refractivity contribution in [2.75, 3.05) is 25.1 Å². The number of benzene rings is 2. The lowest BCUT2D eigenvalue weighted by molar-refractivity contribution is -0.119. The van der Waals surface area contributed by atoms with Crippen LogP contribution in [0, 0.1) is 0 Å². The molecule has 2 aromatic carbocycles. The van der Waals surface area contributed by atoms with Crippen LogP contribution in [0.25, 0.3) is 0 Å². The maximum Gasteiger partial charge on any atom is 0.286 e. The van der Waals surface area contributed by atoms with Gasteiger partial charge in [-0.15, -0.1) is 4.40 Å². The second-order valence-electron chi connectivity index (χ2n) is 6.56. The highest BCUT2D eigenvalue weighted by Gasteiger charge is 2.25. The number of rotatable bonds is 9. The summed E-state index contributed by atoms with van der Waals surface area (Å²) in [5.74, 6) is 1.15. The number of carbonyl (C=O) groups excluding carboxylic acids is 1. The van der Waals surface area contributed by atoms with Gasteiger partial charge in [0.15, 0.2) is 11.5 Å². The molecular weight excluding hydrogens is 406 g/mol. The lowest BCUT2D eigenvalue weighted by Gasteiger charge is -2.17. The monoisotopic (exact) mass is 431 g/mol. The van der Waals surface area contributed by atoms with Gasteiger partial charge in [0.05, 0.1) is 25.3 Å². The van der Waals surface area contributed by atoms with Crippen molar-refractivity contribution in [3.8, 4) is 11.5 Å². The summed E-state index contributed by atoms with van der Waals surface area (Å²) in [6, 6.07) is 12.1. The molecule has 1 aliphatic heterocycles. The van der Waals surface area contributed by atoms with Crippen molar-refractivity contribution in [2.24, 2.45) is 4.40 Å². The fourth-order valence-corrected chi connectivity index (χ4v) is 4.20. The van der Waals surface area contributed by atoms with Crippen molar-refractivity contribution in [2.45, 2.75) is 31.6 Å². The Labute approximate surface area is 176 Å². The standard InChI is InChI=1S/C21H25N3O5S/c1-3-28-17-10-9-15(13-18(17)29-4-2)11-12-22-21(25)14-20-23-16-7-5-6-8-19(16)30(26,27)24-20/h5-10,13H,3-4,11-12,14H2,1-2H3,(H,22,25)(H,23,24). The van der Waals surface area contributed by atoms with Gasteiger partial charge < -0.3 is 20.1 Å². The average molecular weight is 432 g/mol. The van der Waals surface area contributed by atoms with Crippen LogP contribution in [0.5, 0.6) is 11.5 Å². The van der Waals surface area contributed by atoms with Gasteiger partial charge in [-0.05, 0) is 50.1 Å². The van der Waals surface area contributed by atoms with Gasteiger partial charge in [-0.1, -0.05) is 18.2 Å². The molecule has 8 nitrogen and oxygen atoms in total. The number of nitrogens with zero attached hydrogens (tertiary/aromatic N) is 1. The van der Waals surface area contributed by atoms with Gasteiger partial charge in [0.1, 0.15) is 10.7 Å². The molecular formula is C21H25N3O5S. The molecule has 2 aromatic rings. The molecule has 1 heterocycles. The highest BCUT2D eigenvalue weighted by molar-refractivity contribution is 7.90. The number of hydrogen-bond acceptors (Lipinski definition) is 6. The van der Waals surface area contributed by atoms with Crippen LogP contribution in [0.4, 0.5) is 5.69 Å². The lowest BCUT2D eigenvalue weighted by atomic mass is 10.1. The molecule has 3 rings (SSSR count). The van der Waals surface area contributed by atoms with E-state index in [0.717, 1.165) is 5.56 Å². The summed E-state index contributed by atoms with van der Waals surface area (Å²) in [6.45, 7) is 5.29. The van der Waals surface area contributed by atoms with Crippen molar-refractivity contribution in [3.63, 3.8) is 0 Å². The van der Waals surface area contributed by atoms with Crippen molar-refractivity contribution >= 4 is 27.5 Å². The number of para-hydroxylation sites is 1. The predicted octanol–water partition coefficient (Wildman–Crippen LogP) is 2.75. The third-order valence-electron chi connectivity index (χ3n) is 4.35. The van der Waals surface area contributed by atoms with Crippen molar-refractivity contribution < 1.29 is 22.7 Å². The fraction of sp³-hybridized carbons (Fsp3) is 0.333. The summed E-state index contributed by atoms with van der Waals surface area (Å²) in [5, 5.41) is 5.71. The molecule has 9 heteroatoms. The number of anilines is 1. The minimum atomic E-state index is -3.80. The van der Waals surface area contributed by atoms with E-state index < -0.39 is 10.0 Å². The van der Waals surface area contributed by atoms with Crippen LogP contribution in [0.1, 0.15) is 25.8 Å². The van der Waals surface area contributed by atoms with Crippen LogP contribution in [-0.4, -0.2) is 39.9 Å². The second kappa shape index (κ2) is 9.62. The van der Waals surface area contributed by atoms with E-state index in [4.69, 9.17) is 9.47 Å². The van der Waals surface area contributed by atoms with Crippen molar-refractivity contribution in [3.05, 3.63) is 48.0 Å². The van der Waals surface area contributed by atoms with Crippen molar-refractivity contribution in [1.82, 2.24) is 5.32 Å². The maximum absolute atomic E-state index is 12.3. The number of nitrogens with one attached hydrogen (secondary N) is 2. The van der Waals surface area contributed by atoms with E-state index in [0.29, 0.717) is 43.4 Å². The Hall–Kier alpha value is -3.07. The molecule has 0 aromatic heterocycles. The Morgan fingerprint density at radius 3 is 2.57 bits per heavy atom. The highest BCUT2D eigenvalue weighted by atomic mass is 32.2. The number of hydrogen-bond donors (Lipinski definition) is 2. The molecule has 160 valence electrons. The zero-order chi connectivity index (χ0) is 21.6. The van der Waals surface area contributed by atoms with Gasteiger partial charge in [-0.25, -0.2) is 0 Å². The summed E-state index contributed by atoms with van der Waals surface area (Å²) in [7, 11) is -3.80. The zero-order valence-corrected chi connectivity index (χ0v) is 17.8. The van der Waals surface area contributed by atoms with E-state index >= 15 is 0 Å². The minimum Gasteiger partial charge on any atom is -0.490 e. The van der Waals surface area contributed by atoms with Crippen LogP contribution in [-0.2, 0) is 21.2 Å². The summed E-state index contributed by atoms with van der Waals surface area (Å²) in [6.07, 6.45) is 0.445. The smallest absolute Gasteiger partial charge is 0.286 e. The van der Waals surface area contributed by atoms with Crippen LogP contribution in [0.2, 0.25) is 0 Å². The van der Waals surface area contributed by atoms with E-state index in [1.165, 1.54) is 6.07 Å². The van der Waals surface area contributed by atoms with Crippen molar-refractivity contribution in [1.29, 1.82) is 0 Å². The largest absolute Gasteiger partial charge is 0.490 e.